The van der Waals surface area contributed by atoms with Crippen molar-refractivity contribution in [2.24, 2.45) is 11.3 Å². The average Bonchev–Trinajstić information content (AvgIpc) is 3.50. The van der Waals surface area contributed by atoms with Crippen LogP contribution in [0.5, 0.6) is 5.88 Å². The minimum atomic E-state index is -5.08. The molecule has 0 aromatic carbocycles. The van der Waals surface area contributed by atoms with Gasteiger partial charge in [-0.3, -0.25) is 4.90 Å². The van der Waals surface area contributed by atoms with Crippen molar-refractivity contribution in [3.8, 4) is 5.88 Å². The number of hydrogen-bond donors (Lipinski definition) is 2. The van der Waals surface area contributed by atoms with Crippen molar-refractivity contribution < 1.29 is 64.4 Å². The molecule has 0 aliphatic carbocycles. The summed E-state index contributed by atoms with van der Waals surface area (Å²) in [5.41, 5.74) is -0.101. The van der Waals surface area contributed by atoms with Crippen LogP contribution in [0, 0.1) is 17.2 Å². The van der Waals surface area contributed by atoms with Gasteiger partial charge in [0.15, 0.2) is 5.82 Å². The average molecular weight is 546 g/mol. The van der Waals surface area contributed by atoms with Gasteiger partial charge in [0.1, 0.15) is 5.76 Å². The summed E-state index contributed by atoms with van der Waals surface area (Å²) in [6.45, 7) is 4.36. The number of furan rings is 1. The lowest BCUT2D eigenvalue weighted by Crippen LogP contribution is -2.37. The molecule has 37 heavy (non-hydrogen) atoms. The quantitative estimate of drug-likeness (QED) is 0.542. The van der Waals surface area contributed by atoms with Crippen LogP contribution < -0.4 is 4.74 Å². The van der Waals surface area contributed by atoms with Crippen LogP contribution in [0.3, 0.4) is 0 Å². The van der Waals surface area contributed by atoms with E-state index in [1.54, 1.807) is 12.3 Å². The predicted octanol–water partition coefficient (Wildman–Crippen LogP) is 3.61. The van der Waals surface area contributed by atoms with Crippen molar-refractivity contribution in [3.63, 3.8) is 0 Å². The Kier molecular flexibility index (Phi) is 9.86. The van der Waals surface area contributed by atoms with Gasteiger partial charge in [-0.05, 0) is 24.3 Å². The van der Waals surface area contributed by atoms with E-state index in [1.165, 1.54) is 12.3 Å². The molecule has 0 spiro atoms. The number of alkyl halides is 6. The Morgan fingerprint density at radius 1 is 1.11 bits per heavy atom. The van der Waals surface area contributed by atoms with Gasteiger partial charge in [0, 0.05) is 30.6 Å². The van der Waals surface area contributed by atoms with E-state index in [0.717, 1.165) is 32.0 Å². The Hall–Kier alpha value is -3.40. The summed E-state index contributed by atoms with van der Waals surface area (Å²) in [6.07, 6.45) is -6.94. The maximum Gasteiger partial charge on any atom is 0.490 e. The summed E-state index contributed by atoms with van der Waals surface area (Å²) in [6, 6.07) is 6.80. The monoisotopic (exact) mass is 546 g/mol. The molecular formula is C21H21F7N2O7. The largest absolute Gasteiger partial charge is 0.490 e. The van der Waals surface area contributed by atoms with Crippen molar-refractivity contribution in [1.82, 2.24) is 9.88 Å². The summed E-state index contributed by atoms with van der Waals surface area (Å²) in [5.74, 6) is -4.52. The van der Waals surface area contributed by atoms with Crippen molar-refractivity contribution in [2.45, 2.75) is 18.9 Å². The number of rotatable bonds is 5. The van der Waals surface area contributed by atoms with Crippen molar-refractivity contribution in [3.05, 3.63) is 48.3 Å². The third-order valence-electron chi connectivity index (χ3n) is 5.26. The minimum absolute atomic E-state index is 0.0667. The predicted molar refractivity (Wildman–Crippen MR) is 108 cm³/mol. The van der Waals surface area contributed by atoms with Gasteiger partial charge in [-0.2, -0.15) is 26.3 Å². The van der Waals surface area contributed by atoms with Crippen LogP contribution in [0.15, 0.2) is 41.1 Å². The molecule has 2 saturated heterocycles. The SMILES string of the molecule is Fc1cccnc1OC[C@]12COC[C@H]1CN(Cc1ccco1)C2.O=C(O)C(F)(F)F.O=C(O)C(F)(F)F. The highest BCUT2D eigenvalue weighted by atomic mass is 19.4. The summed E-state index contributed by atoms with van der Waals surface area (Å²) in [5, 5.41) is 14.2. The fourth-order valence-electron chi connectivity index (χ4n) is 3.58. The Morgan fingerprint density at radius 3 is 2.24 bits per heavy atom. The normalized spacial score (nSPS) is 21.2. The molecule has 0 unspecified atom stereocenters. The van der Waals surface area contributed by atoms with Crippen LogP contribution in [-0.2, 0) is 20.9 Å². The smallest absolute Gasteiger partial charge is 0.475 e. The fourth-order valence-corrected chi connectivity index (χ4v) is 3.58. The molecule has 2 aromatic heterocycles. The molecule has 2 fully saturated rings. The summed E-state index contributed by atoms with van der Waals surface area (Å²) >= 11 is 0. The second-order valence-corrected chi connectivity index (χ2v) is 8.01. The number of ether oxygens (including phenoxy) is 2. The Bertz CT molecular complexity index is 1010. The number of nitrogens with zero attached hydrogens (tertiary/aromatic N) is 2. The van der Waals surface area contributed by atoms with E-state index in [-0.39, 0.29) is 11.3 Å². The van der Waals surface area contributed by atoms with E-state index in [4.69, 9.17) is 33.7 Å². The maximum atomic E-state index is 13.7. The second-order valence-electron chi connectivity index (χ2n) is 8.01. The number of halogens is 7. The molecule has 2 N–H and O–H groups in total. The number of fused-ring (bicyclic) bond motifs is 1. The number of hydrogen-bond acceptors (Lipinski definition) is 7. The van der Waals surface area contributed by atoms with Crippen LogP contribution in [0.1, 0.15) is 5.76 Å². The highest BCUT2D eigenvalue weighted by molar-refractivity contribution is 5.73. The van der Waals surface area contributed by atoms with Gasteiger partial charge in [0.25, 0.3) is 0 Å². The molecule has 9 nitrogen and oxygen atoms in total. The Balaban J connectivity index is 0.000000286. The molecular weight excluding hydrogens is 525 g/mol. The van der Waals surface area contributed by atoms with Crippen LogP contribution in [0.4, 0.5) is 30.7 Å². The maximum absolute atomic E-state index is 13.7. The number of aromatic nitrogens is 1. The standard InChI is InChI=1S/C17H19FN2O3.2C2HF3O2/c18-15-4-1-5-19-16(15)23-12-17-10-20(7-13(17)9-21-11-17)8-14-3-2-6-22-14;2*3-2(4,5)1(6)7/h1-6,13H,7-12H2;2*(H,6,7)/t13-,17+;;/m1../s1. The molecule has 2 aliphatic heterocycles. The lowest BCUT2D eigenvalue weighted by Gasteiger charge is -2.26. The highest BCUT2D eigenvalue weighted by Crippen LogP contribution is 2.42. The Morgan fingerprint density at radius 2 is 1.73 bits per heavy atom. The van der Waals surface area contributed by atoms with Gasteiger partial charge in [0.2, 0.25) is 5.88 Å². The van der Waals surface area contributed by atoms with Gasteiger partial charge in [0.05, 0.1) is 32.6 Å². The van der Waals surface area contributed by atoms with Crippen LogP contribution in [0.25, 0.3) is 0 Å². The molecule has 2 atom stereocenters. The molecule has 0 saturated carbocycles. The van der Waals surface area contributed by atoms with Gasteiger partial charge in [-0.1, -0.05) is 0 Å². The first-order valence-corrected chi connectivity index (χ1v) is 10.3. The lowest BCUT2D eigenvalue weighted by atomic mass is 9.82. The van der Waals surface area contributed by atoms with Gasteiger partial charge in [-0.15, -0.1) is 0 Å². The van der Waals surface area contributed by atoms with Crippen LogP contribution in [-0.4, -0.2) is 77.3 Å². The molecule has 0 bridgehead atoms. The van der Waals surface area contributed by atoms with Crippen molar-refractivity contribution >= 4 is 11.9 Å². The van der Waals surface area contributed by atoms with E-state index in [9.17, 15) is 30.7 Å². The molecule has 16 heteroatoms. The number of carbonyl (C=O) groups is 2. The summed E-state index contributed by atoms with van der Waals surface area (Å²) < 4.78 is 94.0. The van der Waals surface area contributed by atoms with Gasteiger partial charge < -0.3 is 24.1 Å². The molecule has 4 rings (SSSR count). The van der Waals surface area contributed by atoms with Crippen LogP contribution in [0.2, 0.25) is 0 Å². The number of pyridine rings is 1. The first kappa shape index (κ1) is 29.8. The highest BCUT2D eigenvalue weighted by Gasteiger charge is 2.51. The minimum Gasteiger partial charge on any atom is -0.475 e. The lowest BCUT2D eigenvalue weighted by molar-refractivity contribution is -0.193. The second kappa shape index (κ2) is 12.2. The zero-order valence-corrected chi connectivity index (χ0v) is 18.8. The van der Waals surface area contributed by atoms with E-state index in [1.807, 2.05) is 12.1 Å². The Labute approximate surface area is 204 Å². The van der Waals surface area contributed by atoms with Crippen LogP contribution >= 0.6 is 0 Å². The molecule has 2 aromatic rings. The molecule has 2 aliphatic rings. The number of carboxylic acids is 2. The summed E-state index contributed by atoms with van der Waals surface area (Å²) in [4.78, 5) is 24.1. The molecule has 0 amide bonds. The first-order chi connectivity index (χ1) is 17.1. The van der Waals surface area contributed by atoms with E-state index >= 15 is 0 Å². The third-order valence-corrected chi connectivity index (χ3v) is 5.26. The number of aliphatic carboxylic acids is 2. The van der Waals surface area contributed by atoms with Gasteiger partial charge >= 0.3 is 24.3 Å². The van der Waals surface area contributed by atoms with Crippen molar-refractivity contribution in [2.75, 3.05) is 32.9 Å². The summed E-state index contributed by atoms with van der Waals surface area (Å²) in [7, 11) is 0. The first-order valence-electron chi connectivity index (χ1n) is 10.3. The zero-order chi connectivity index (χ0) is 27.9. The molecule has 206 valence electrons. The number of carboxylic acid groups (broad SMARTS) is 2. The zero-order valence-electron chi connectivity index (χ0n) is 18.8. The fraction of sp³-hybridized carbons (Fsp3) is 0.476. The molecule has 4 heterocycles. The topological polar surface area (TPSA) is 122 Å². The third kappa shape index (κ3) is 8.89. The van der Waals surface area contributed by atoms with Crippen molar-refractivity contribution in [1.29, 1.82) is 0 Å². The molecule has 0 radical (unpaired) electrons. The van der Waals surface area contributed by atoms with E-state index in [2.05, 4.69) is 9.88 Å². The van der Waals surface area contributed by atoms with Gasteiger partial charge in [-0.25, -0.2) is 19.0 Å². The van der Waals surface area contributed by atoms with E-state index in [0.29, 0.717) is 19.1 Å². The number of likely N-dealkylation sites (tertiary alicyclic amines) is 1. The van der Waals surface area contributed by atoms with E-state index < -0.39 is 30.1 Å².